The maximum Gasteiger partial charge on any atom is 0.251 e. The van der Waals surface area contributed by atoms with Gasteiger partial charge < -0.3 is 10.0 Å². The monoisotopic (exact) mass is 496 g/mol. The Morgan fingerprint density at radius 1 is 1.18 bits per heavy atom. The second-order valence-electron chi connectivity index (χ2n) is 9.18. The minimum Gasteiger partial charge on any atom is -0.383 e. The number of rotatable bonds is 7. The van der Waals surface area contributed by atoms with Crippen molar-refractivity contribution in [2.24, 2.45) is 5.92 Å². The van der Waals surface area contributed by atoms with Crippen molar-refractivity contribution in [3.8, 4) is 11.1 Å². The Morgan fingerprint density at radius 2 is 1.82 bits per heavy atom. The number of aliphatic hydroxyl groups is 1. The quantitative estimate of drug-likeness (QED) is 0.617. The van der Waals surface area contributed by atoms with Gasteiger partial charge in [0.05, 0.1) is 12.3 Å². The van der Waals surface area contributed by atoms with Gasteiger partial charge in [0.25, 0.3) is 5.91 Å². The lowest BCUT2D eigenvalue weighted by Gasteiger charge is -2.58. The summed E-state index contributed by atoms with van der Waals surface area (Å²) in [5, 5.41) is 10.2. The van der Waals surface area contributed by atoms with Crippen LogP contribution in [0.1, 0.15) is 31.7 Å². The average molecular weight is 497 g/mol. The molecule has 6 nitrogen and oxygen atoms in total. The molecule has 2 saturated heterocycles. The molecule has 2 heterocycles. The number of hydrogen-bond acceptors (Lipinski definition) is 4. The summed E-state index contributed by atoms with van der Waals surface area (Å²) in [6.45, 7) is 1.67. The van der Waals surface area contributed by atoms with Crippen molar-refractivity contribution in [3.05, 3.63) is 59.4 Å². The van der Waals surface area contributed by atoms with E-state index in [2.05, 4.69) is 4.72 Å². The SMILES string of the molecule is CC[C@@H](O)C(=O)N1C2CC(C2)[C@H](NS(C)(=O)=O)[C@@H]1Cc1cccc(-c2cc(F)cc(F)c2)c1F. The van der Waals surface area contributed by atoms with Crippen molar-refractivity contribution < 1.29 is 31.5 Å². The Balaban J connectivity index is 1.73. The van der Waals surface area contributed by atoms with E-state index in [-0.39, 0.29) is 41.5 Å². The Bertz CT molecular complexity index is 1180. The molecule has 1 saturated carbocycles. The molecule has 0 unspecified atom stereocenters. The van der Waals surface area contributed by atoms with Gasteiger partial charge in [0, 0.05) is 23.7 Å². The van der Waals surface area contributed by atoms with Gasteiger partial charge in [-0.2, -0.15) is 0 Å². The third-order valence-electron chi connectivity index (χ3n) is 6.78. The van der Waals surface area contributed by atoms with Gasteiger partial charge in [-0.15, -0.1) is 0 Å². The Kier molecular flexibility index (Phi) is 6.76. The fraction of sp³-hybridized carbons (Fsp3) is 0.458. The average Bonchev–Trinajstić information content (AvgIpc) is 2.72. The summed E-state index contributed by atoms with van der Waals surface area (Å²) in [7, 11) is -3.63. The number of fused-ring (bicyclic) bond motifs is 2. The van der Waals surface area contributed by atoms with Crippen LogP contribution in [-0.4, -0.2) is 54.8 Å². The molecule has 0 radical (unpaired) electrons. The Morgan fingerprint density at radius 3 is 2.41 bits per heavy atom. The summed E-state index contributed by atoms with van der Waals surface area (Å²) >= 11 is 0. The van der Waals surface area contributed by atoms with Gasteiger partial charge in [0.15, 0.2) is 0 Å². The third-order valence-corrected chi connectivity index (χ3v) is 7.48. The van der Waals surface area contributed by atoms with Crippen LogP contribution in [0.25, 0.3) is 11.1 Å². The van der Waals surface area contributed by atoms with E-state index in [4.69, 9.17) is 0 Å². The van der Waals surface area contributed by atoms with Gasteiger partial charge in [-0.3, -0.25) is 4.79 Å². The van der Waals surface area contributed by atoms with Crippen LogP contribution in [0.4, 0.5) is 13.2 Å². The molecule has 2 bridgehead atoms. The van der Waals surface area contributed by atoms with E-state index < -0.39 is 51.6 Å². The summed E-state index contributed by atoms with van der Waals surface area (Å²) in [6, 6.07) is 5.68. The van der Waals surface area contributed by atoms with Gasteiger partial charge in [-0.25, -0.2) is 26.3 Å². The zero-order valence-electron chi connectivity index (χ0n) is 18.8. The van der Waals surface area contributed by atoms with Crippen LogP contribution in [-0.2, 0) is 21.2 Å². The van der Waals surface area contributed by atoms with Crippen molar-refractivity contribution in [2.45, 2.75) is 56.8 Å². The number of aliphatic hydroxyl groups excluding tert-OH is 1. The lowest BCUT2D eigenvalue weighted by Crippen LogP contribution is -2.71. The standard InChI is InChI=1S/C24H27F3N2O4S/c1-3-21(30)24(31)29-18-9-15(10-18)23(28-34(2,32)33)20(29)11-13-5-4-6-19(22(13)27)14-7-16(25)12-17(26)8-14/h4-8,12,15,18,20-21,23,28,30H,3,9-11H2,1-2H3/t15?,18?,20-,21+,23-/m0/s1. The molecule has 2 aromatic rings. The fourth-order valence-electron chi connectivity index (χ4n) is 5.14. The van der Waals surface area contributed by atoms with E-state index >= 15 is 4.39 Å². The molecule has 1 aliphatic carbocycles. The molecular weight excluding hydrogens is 469 g/mol. The number of benzene rings is 2. The minimum absolute atomic E-state index is 0.00374. The summed E-state index contributed by atoms with van der Waals surface area (Å²) in [5.74, 6) is -2.91. The molecule has 34 heavy (non-hydrogen) atoms. The molecule has 0 aromatic heterocycles. The number of carbonyl (C=O) groups is 1. The number of carbonyl (C=O) groups excluding carboxylic acids is 1. The highest BCUT2D eigenvalue weighted by molar-refractivity contribution is 7.88. The number of nitrogens with one attached hydrogen (secondary N) is 1. The van der Waals surface area contributed by atoms with Crippen LogP contribution >= 0.6 is 0 Å². The summed E-state index contributed by atoms with van der Waals surface area (Å²) in [4.78, 5) is 14.6. The van der Waals surface area contributed by atoms with E-state index in [1.807, 2.05) is 0 Å². The summed E-state index contributed by atoms with van der Waals surface area (Å²) in [5.41, 5.74) is 0.206. The molecule has 3 fully saturated rings. The van der Waals surface area contributed by atoms with Crippen LogP contribution in [0.2, 0.25) is 0 Å². The molecule has 10 heteroatoms. The highest BCUT2D eigenvalue weighted by Gasteiger charge is 2.53. The lowest BCUT2D eigenvalue weighted by molar-refractivity contribution is -0.158. The van der Waals surface area contributed by atoms with Crippen LogP contribution in [0.15, 0.2) is 36.4 Å². The van der Waals surface area contributed by atoms with Gasteiger partial charge in [-0.05, 0) is 54.9 Å². The van der Waals surface area contributed by atoms with E-state index in [1.165, 1.54) is 17.0 Å². The summed E-state index contributed by atoms with van der Waals surface area (Å²) < 4.78 is 69.8. The number of hydrogen-bond donors (Lipinski definition) is 2. The van der Waals surface area contributed by atoms with Crippen LogP contribution < -0.4 is 4.72 Å². The third kappa shape index (κ3) is 4.85. The van der Waals surface area contributed by atoms with Gasteiger partial charge in [0.2, 0.25) is 10.0 Å². The molecule has 2 aliphatic heterocycles. The maximum absolute atomic E-state index is 15.6. The van der Waals surface area contributed by atoms with E-state index in [1.54, 1.807) is 13.0 Å². The van der Waals surface area contributed by atoms with E-state index in [9.17, 15) is 27.1 Å². The molecule has 2 N–H and O–H groups in total. The van der Waals surface area contributed by atoms with Crippen LogP contribution in [0, 0.1) is 23.4 Å². The van der Waals surface area contributed by atoms with E-state index in [0.717, 1.165) is 18.4 Å². The van der Waals surface area contributed by atoms with Crippen molar-refractivity contribution in [1.82, 2.24) is 9.62 Å². The molecule has 2 aromatic carbocycles. The van der Waals surface area contributed by atoms with Crippen molar-refractivity contribution in [2.75, 3.05) is 6.26 Å². The second kappa shape index (κ2) is 9.31. The normalized spacial score (nSPS) is 25.1. The van der Waals surface area contributed by atoms with Gasteiger partial charge >= 0.3 is 0 Å². The molecule has 0 spiro atoms. The van der Waals surface area contributed by atoms with Crippen molar-refractivity contribution in [1.29, 1.82) is 0 Å². The molecule has 3 atom stereocenters. The Labute approximate surface area is 196 Å². The minimum atomic E-state index is -3.63. The number of sulfonamides is 1. The van der Waals surface area contributed by atoms with Gasteiger partial charge in [0.1, 0.15) is 23.6 Å². The first kappa shape index (κ1) is 24.7. The molecule has 184 valence electrons. The second-order valence-corrected chi connectivity index (χ2v) is 11.0. The predicted molar refractivity (Wildman–Crippen MR) is 121 cm³/mol. The molecule has 1 amide bonds. The van der Waals surface area contributed by atoms with Crippen LogP contribution in [0.5, 0.6) is 0 Å². The molecular formula is C24H27F3N2O4S. The first-order chi connectivity index (χ1) is 16.0. The van der Waals surface area contributed by atoms with Crippen molar-refractivity contribution in [3.63, 3.8) is 0 Å². The number of nitrogens with zero attached hydrogens (tertiary/aromatic N) is 1. The van der Waals surface area contributed by atoms with Crippen molar-refractivity contribution >= 4 is 15.9 Å². The summed E-state index contributed by atoms with van der Waals surface area (Å²) in [6.07, 6.45) is 1.14. The highest BCUT2D eigenvalue weighted by atomic mass is 32.2. The number of halogens is 3. The zero-order chi connectivity index (χ0) is 24.8. The van der Waals surface area contributed by atoms with Gasteiger partial charge in [-0.1, -0.05) is 25.1 Å². The predicted octanol–water partition coefficient (Wildman–Crippen LogP) is 2.99. The maximum atomic E-state index is 15.6. The topological polar surface area (TPSA) is 86.7 Å². The first-order valence-electron chi connectivity index (χ1n) is 11.2. The zero-order valence-corrected chi connectivity index (χ0v) is 19.7. The largest absolute Gasteiger partial charge is 0.383 e. The first-order valence-corrected chi connectivity index (χ1v) is 13.1. The molecule has 3 aliphatic rings. The molecule has 5 rings (SSSR count). The number of amides is 1. The fourth-order valence-corrected chi connectivity index (χ4v) is 5.98. The van der Waals surface area contributed by atoms with E-state index in [0.29, 0.717) is 18.9 Å². The van der Waals surface area contributed by atoms with Crippen LogP contribution in [0.3, 0.4) is 0 Å². The Hall–Kier alpha value is -2.43. The number of piperidine rings is 2. The highest BCUT2D eigenvalue weighted by Crippen LogP contribution is 2.45. The smallest absolute Gasteiger partial charge is 0.251 e. The lowest BCUT2D eigenvalue weighted by atomic mass is 9.66.